The first kappa shape index (κ1) is 28.3. The van der Waals surface area contributed by atoms with Crippen LogP contribution in [-0.4, -0.2) is 54.0 Å². The fourth-order valence-corrected chi connectivity index (χ4v) is 6.12. The van der Waals surface area contributed by atoms with Crippen LogP contribution in [0.1, 0.15) is 41.8 Å². The molecule has 0 saturated carbocycles. The highest BCUT2D eigenvalue weighted by Crippen LogP contribution is 2.30. The summed E-state index contributed by atoms with van der Waals surface area (Å²) in [5.74, 6) is -1.85. The Balaban J connectivity index is 1.73. The first-order chi connectivity index (χ1) is 18.6. The number of amides is 3. The Bertz CT molecular complexity index is 1480. The smallest absolute Gasteiger partial charge is 0.269 e. The molecular formula is C29H30ClN3O5S. The predicted molar refractivity (Wildman–Crippen MR) is 148 cm³/mol. The Labute approximate surface area is 233 Å². The molecule has 0 unspecified atom stereocenters. The average molecular weight is 568 g/mol. The normalized spacial score (nSPS) is 15.4. The quantitative estimate of drug-likeness (QED) is 0.398. The molecule has 0 aromatic heterocycles. The Hall–Kier alpha value is -3.69. The standard InChI is InChI=1S/C29H30ClN3O5S/c1-3-20(2)31-28(35)25(17-21-11-5-4-6-12-21)32(18-22-13-7-9-15-24(22)30)27(34)19-33-29(36)23-14-8-10-16-26(23)39(33,37)38/h4-16,20,25H,3,17-19H2,1-2H3,(H,31,35)/t20-,25+/m0/s1. The minimum atomic E-state index is -4.22. The van der Waals surface area contributed by atoms with Crippen LogP contribution in [0.25, 0.3) is 0 Å². The van der Waals surface area contributed by atoms with E-state index < -0.39 is 34.4 Å². The summed E-state index contributed by atoms with van der Waals surface area (Å²) in [6, 6.07) is 20.9. The van der Waals surface area contributed by atoms with Gasteiger partial charge >= 0.3 is 0 Å². The molecule has 0 spiro atoms. The molecule has 1 aliphatic rings. The van der Waals surface area contributed by atoms with Crippen molar-refractivity contribution in [3.05, 3.63) is 101 Å². The number of benzene rings is 3. The number of carbonyl (C=O) groups is 3. The van der Waals surface area contributed by atoms with Gasteiger partial charge in [0.1, 0.15) is 17.5 Å². The van der Waals surface area contributed by atoms with Crippen molar-refractivity contribution < 1.29 is 22.8 Å². The van der Waals surface area contributed by atoms with E-state index in [1.807, 2.05) is 44.2 Å². The summed E-state index contributed by atoms with van der Waals surface area (Å²) >= 11 is 6.42. The van der Waals surface area contributed by atoms with Gasteiger partial charge in [-0.3, -0.25) is 14.4 Å². The highest BCUT2D eigenvalue weighted by atomic mass is 35.5. The van der Waals surface area contributed by atoms with Crippen LogP contribution in [0.4, 0.5) is 0 Å². The van der Waals surface area contributed by atoms with Crippen molar-refractivity contribution in [2.75, 3.05) is 6.54 Å². The average Bonchev–Trinajstić information content (AvgIpc) is 3.12. The summed E-state index contributed by atoms with van der Waals surface area (Å²) in [5, 5.41) is 3.35. The van der Waals surface area contributed by atoms with Crippen molar-refractivity contribution in [3.8, 4) is 0 Å². The van der Waals surface area contributed by atoms with Gasteiger partial charge in [0.2, 0.25) is 11.8 Å². The highest BCUT2D eigenvalue weighted by Gasteiger charge is 2.43. The number of hydrogen-bond donors (Lipinski definition) is 1. The first-order valence-electron chi connectivity index (χ1n) is 12.7. The number of hydrogen-bond acceptors (Lipinski definition) is 5. The zero-order chi connectivity index (χ0) is 28.2. The molecular weight excluding hydrogens is 538 g/mol. The van der Waals surface area contributed by atoms with Crippen molar-refractivity contribution in [1.29, 1.82) is 0 Å². The van der Waals surface area contributed by atoms with E-state index in [0.29, 0.717) is 21.3 Å². The molecule has 3 amide bonds. The topological polar surface area (TPSA) is 104 Å². The molecule has 10 heteroatoms. The molecule has 1 heterocycles. The number of fused-ring (bicyclic) bond motifs is 1. The molecule has 0 aliphatic carbocycles. The lowest BCUT2D eigenvalue weighted by Gasteiger charge is -2.33. The third kappa shape index (κ3) is 6.15. The van der Waals surface area contributed by atoms with E-state index in [-0.39, 0.29) is 35.4 Å². The monoisotopic (exact) mass is 567 g/mol. The summed E-state index contributed by atoms with van der Waals surface area (Å²) in [5.41, 5.74) is 1.41. The van der Waals surface area contributed by atoms with Gasteiger partial charge in [-0.15, -0.1) is 0 Å². The zero-order valence-electron chi connectivity index (χ0n) is 21.7. The van der Waals surface area contributed by atoms with Crippen LogP contribution in [0.2, 0.25) is 5.02 Å². The van der Waals surface area contributed by atoms with E-state index in [0.717, 1.165) is 5.56 Å². The lowest BCUT2D eigenvalue weighted by molar-refractivity contribution is -0.141. The molecule has 8 nitrogen and oxygen atoms in total. The number of halogens is 1. The summed E-state index contributed by atoms with van der Waals surface area (Å²) in [6.07, 6.45) is 0.862. The molecule has 2 atom stereocenters. The maximum atomic E-state index is 13.9. The second-order valence-electron chi connectivity index (χ2n) is 9.45. The van der Waals surface area contributed by atoms with Crippen molar-refractivity contribution in [1.82, 2.24) is 14.5 Å². The van der Waals surface area contributed by atoms with Gasteiger partial charge in [0.25, 0.3) is 15.9 Å². The van der Waals surface area contributed by atoms with E-state index >= 15 is 0 Å². The van der Waals surface area contributed by atoms with Gasteiger partial charge in [-0.25, -0.2) is 12.7 Å². The van der Waals surface area contributed by atoms with Gasteiger partial charge in [0, 0.05) is 24.0 Å². The molecule has 0 radical (unpaired) electrons. The molecule has 204 valence electrons. The van der Waals surface area contributed by atoms with E-state index in [9.17, 15) is 22.8 Å². The van der Waals surface area contributed by atoms with E-state index in [4.69, 9.17) is 11.6 Å². The third-order valence-corrected chi connectivity index (χ3v) is 8.92. The van der Waals surface area contributed by atoms with Crippen molar-refractivity contribution >= 4 is 39.3 Å². The van der Waals surface area contributed by atoms with Crippen molar-refractivity contribution in [2.45, 2.75) is 50.2 Å². The van der Waals surface area contributed by atoms with Gasteiger partial charge < -0.3 is 10.2 Å². The van der Waals surface area contributed by atoms with Crippen LogP contribution in [0, 0.1) is 0 Å². The van der Waals surface area contributed by atoms with E-state index in [1.54, 1.807) is 30.3 Å². The minimum absolute atomic E-state index is 0.0123. The lowest BCUT2D eigenvalue weighted by Crippen LogP contribution is -2.54. The van der Waals surface area contributed by atoms with Crippen LogP contribution in [0.3, 0.4) is 0 Å². The molecule has 39 heavy (non-hydrogen) atoms. The van der Waals surface area contributed by atoms with Gasteiger partial charge in [-0.2, -0.15) is 0 Å². The Morgan fingerprint density at radius 2 is 1.62 bits per heavy atom. The summed E-state index contributed by atoms with van der Waals surface area (Å²) in [6.45, 7) is 3.00. The second kappa shape index (κ2) is 12.0. The Morgan fingerprint density at radius 3 is 2.28 bits per heavy atom. The molecule has 3 aromatic carbocycles. The maximum Gasteiger partial charge on any atom is 0.269 e. The molecule has 0 fully saturated rings. The highest BCUT2D eigenvalue weighted by molar-refractivity contribution is 7.90. The van der Waals surface area contributed by atoms with Crippen LogP contribution in [0.5, 0.6) is 0 Å². The zero-order valence-corrected chi connectivity index (χ0v) is 23.3. The largest absolute Gasteiger partial charge is 0.352 e. The second-order valence-corrected chi connectivity index (χ2v) is 11.7. The lowest BCUT2D eigenvalue weighted by atomic mass is 10.0. The number of nitrogens with one attached hydrogen (secondary N) is 1. The van der Waals surface area contributed by atoms with Gasteiger partial charge in [-0.1, -0.05) is 79.2 Å². The van der Waals surface area contributed by atoms with Gasteiger partial charge in [-0.05, 0) is 42.7 Å². The minimum Gasteiger partial charge on any atom is -0.352 e. The molecule has 0 saturated heterocycles. The number of sulfonamides is 1. The van der Waals surface area contributed by atoms with E-state index in [1.165, 1.54) is 23.1 Å². The fraction of sp³-hybridized carbons (Fsp3) is 0.276. The molecule has 4 rings (SSSR count). The molecule has 1 aliphatic heterocycles. The SMILES string of the molecule is CC[C@H](C)NC(=O)[C@@H](Cc1ccccc1)N(Cc1ccccc1Cl)C(=O)CN1C(=O)c2ccccc2S1(=O)=O. The summed E-state index contributed by atoms with van der Waals surface area (Å²) in [4.78, 5) is 41.8. The van der Waals surface area contributed by atoms with Gasteiger partial charge in [0.05, 0.1) is 5.56 Å². The van der Waals surface area contributed by atoms with Crippen LogP contribution < -0.4 is 5.32 Å². The number of rotatable bonds is 10. The first-order valence-corrected chi connectivity index (χ1v) is 14.5. The Morgan fingerprint density at radius 1 is 0.974 bits per heavy atom. The molecule has 0 bridgehead atoms. The number of carbonyl (C=O) groups excluding carboxylic acids is 3. The predicted octanol–water partition coefficient (Wildman–Crippen LogP) is 4.04. The summed E-state index contributed by atoms with van der Waals surface area (Å²) < 4.78 is 26.9. The van der Waals surface area contributed by atoms with Crippen LogP contribution in [-0.2, 0) is 32.6 Å². The number of nitrogens with zero attached hydrogens (tertiary/aromatic N) is 2. The maximum absolute atomic E-state index is 13.9. The van der Waals surface area contributed by atoms with Crippen LogP contribution in [0.15, 0.2) is 83.8 Å². The Kier molecular flexibility index (Phi) is 8.72. The third-order valence-electron chi connectivity index (χ3n) is 6.76. The van der Waals surface area contributed by atoms with Crippen molar-refractivity contribution in [2.24, 2.45) is 0 Å². The summed E-state index contributed by atoms with van der Waals surface area (Å²) in [7, 11) is -4.22. The van der Waals surface area contributed by atoms with Gasteiger partial charge in [0.15, 0.2) is 0 Å². The molecule has 3 aromatic rings. The van der Waals surface area contributed by atoms with Crippen LogP contribution >= 0.6 is 11.6 Å². The fourth-order valence-electron chi connectivity index (χ4n) is 4.41. The van der Waals surface area contributed by atoms with E-state index in [2.05, 4.69) is 5.32 Å². The molecule has 1 N–H and O–H groups in total. The van der Waals surface area contributed by atoms with Crippen molar-refractivity contribution in [3.63, 3.8) is 0 Å².